The van der Waals surface area contributed by atoms with Crippen LogP contribution in [0.5, 0.6) is 0 Å². The minimum absolute atomic E-state index is 0.243. The molecule has 1 fully saturated rings. The maximum absolute atomic E-state index is 13.0. The Hall–Kier alpha value is -1.65. The van der Waals surface area contributed by atoms with Crippen LogP contribution in [0.4, 0.5) is 10.2 Å². The summed E-state index contributed by atoms with van der Waals surface area (Å²) in [5.74, 6) is 0.328. The van der Waals surface area contributed by atoms with Gasteiger partial charge in [-0.3, -0.25) is 4.79 Å². The van der Waals surface area contributed by atoms with Crippen molar-refractivity contribution in [3.8, 4) is 0 Å². The van der Waals surface area contributed by atoms with E-state index >= 15 is 0 Å². The van der Waals surface area contributed by atoms with Crippen molar-refractivity contribution < 1.29 is 9.18 Å². The second kappa shape index (κ2) is 5.12. The Bertz CT molecular complexity index is 402. The van der Waals surface area contributed by atoms with Crippen LogP contribution in [0.3, 0.4) is 0 Å². The Morgan fingerprint density at radius 2 is 2.18 bits per heavy atom. The number of rotatable bonds is 3. The van der Waals surface area contributed by atoms with Gasteiger partial charge in [-0.25, -0.2) is 4.98 Å². The van der Waals surface area contributed by atoms with Gasteiger partial charge in [-0.2, -0.15) is 4.39 Å². The topological polar surface area (TPSA) is 59.2 Å². The molecule has 2 rings (SSSR count). The number of hydrogen-bond acceptors (Lipinski definition) is 3. The van der Waals surface area contributed by atoms with Crippen molar-refractivity contribution in [2.45, 2.75) is 19.3 Å². The zero-order chi connectivity index (χ0) is 12.3. The predicted molar refractivity (Wildman–Crippen MR) is 62.9 cm³/mol. The zero-order valence-corrected chi connectivity index (χ0v) is 9.60. The summed E-state index contributed by atoms with van der Waals surface area (Å²) in [4.78, 5) is 16.7. The minimum Gasteiger partial charge on any atom is -0.370 e. The van der Waals surface area contributed by atoms with E-state index in [9.17, 15) is 9.18 Å². The molecule has 0 unspecified atom stereocenters. The first kappa shape index (κ1) is 11.8. The maximum Gasteiger partial charge on any atom is 0.217 e. The molecular formula is C12H16FN3O. The Balaban J connectivity index is 1.93. The highest BCUT2D eigenvalue weighted by molar-refractivity contribution is 5.74. The van der Waals surface area contributed by atoms with E-state index in [1.807, 2.05) is 4.90 Å². The van der Waals surface area contributed by atoms with Crippen LogP contribution in [0, 0.1) is 11.9 Å². The van der Waals surface area contributed by atoms with Crippen LogP contribution in [0.1, 0.15) is 19.3 Å². The average Bonchev–Trinajstić information content (AvgIpc) is 2.29. The monoisotopic (exact) mass is 237 g/mol. The van der Waals surface area contributed by atoms with Gasteiger partial charge < -0.3 is 10.6 Å². The lowest BCUT2D eigenvalue weighted by molar-refractivity contribution is -0.119. The number of anilines is 1. The van der Waals surface area contributed by atoms with Crippen molar-refractivity contribution in [1.29, 1.82) is 0 Å². The summed E-state index contributed by atoms with van der Waals surface area (Å²) < 4.78 is 13.0. The number of hydrogen-bond donors (Lipinski definition) is 1. The van der Waals surface area contributed by atoms with Crippen molar-refractivity contribution in [2.75, 3.05) is 18.0 Å². The Kier molecular flexibility index (Phi) is 3.56. The molecule has 92 valence electrons. The molecule has 0 spiro atoms. The minimum atomic E-state index is -0.457. The predicted octanol–water partition coefficient (Wildman–Crippen LogP) is 1.31. The second-order valence-electron chi connectivity index (χ2n) is 4.42. The fourth-order valence-electron chi connectivity index (χ4n) is 2.22. The van der Waals surface area contributed by atoms with Gasteiger partial charge in [0.05, 0.1) is 0 Å². The van der Waals surface area contributed by atoms with Crippen molar-refractivity contribution in [3.05, 3.63) is 24.1 Å². The van der Waals surface area contributed by atoms with E-state index in [0.717, 1.165) is 25.9 Å². The fraction of sp³-hybridized carbons (Fsp3) is 0.500. The lowest BCUT2D eigenvalue weighted by Crippen LogP contribution is -2.35. The average molecular weight is 237 g/mol. The highest BCUT2D eigenvalue weighted by atomic mass is 19.1. The Labute approximate surface area is 99.6 Å². The van der Waals surface area contributed by atoms with Crippen LogP contribution in [0.15, 0.2) is 18.2 Å². The van der Waals surface area contributed by atoms with E-state index in [0.29, 0.717) is 18.2 Å². The molecule has 4 nitrogen and oxygen atoms in total. The van der Waals surface area contributed by atoms with Crippen LogP contribution < -0.4 is 10.6 Å². The number of pyridine rings is 1. The molecule has 5 heteroatoms. The highest BCUT2D eigenvalue weighted by Crippen LogP contribution is 2.23. The molecule has 2 heterocycles. The van der Waals surface area contributed by atoms with Crippen molar-refractivity contribution >= 4 is 11.7 Å². The standard InChI is InChI=1S/C12H16FN3O/c13-10-2-1-3-12(15-10)16-6-4-9(5-7-16)8-11(14)17/h1-3,9H,4-8H2,(H2,14,17). The van der Waals surface area contributed by atoms with Gasteiger partial charge in [0.25, 0.3) is 0 Å². The third kappa shape index (κ3) is 3.15. The van der Waals surface area contributed by atoms with Crippen LogP contribution in [0.2, 0.25) is 0 Å². The van der Waals surface area contributed by atoms with E-state index in [2.05, 4.69) is 4.98 Å². The molecule has 0 aromatic carbocycles. The van der Waals surface area contributed by atoms with Gasteiger partial charge in [-0.15, -0.1) is 0 Å². The lowest BCUT2D eigenvalue weighted by atomic mass is 9.93. The van der Waals surface area contributed by atoms with Crippen molar-refractivity contribution in [1.82, 2.24) is 4.98 Å². The first-order valence-corrected chi connectivity index (χ1v) is 5.81. The molecule has 1 saturated heterocycles. The molecule has 1 aromatic rings. The van der Waals surface area contributed by atoms with Crippen LogP contribution in [0.25, 0.3) is 0 Å². The largest absolute Gasteiger partial charge is 0.370 e. The van der Waals surface area contributed by atoms with Crippen molar-refractivity contribution in [3.63, 3.8) is 0 Å². The molecule has 0 aliphatic carbocycles. The second-order valence-corrected chi connectivity index (χ2v) is 4.42. The molecule has 0 saturated carbocycles. The number of piperidine rings is 1. The van der Waals surface area contributed by atoms with Gasteiger partial charge in [0, 0.05) is 19.5 Å². The third-order valence-corrected chi connectivity index (χ3v) is 3.13. The zero-order valence-electron chi connectivity index (χ0n) is 9.60. The molecule has 17 heavy (non-hydrogen) atoms. The van der Waals surface area contributed by atoms with Gasteiger partial charge >= 0.3 is 0 Å². The molecule has 1 amide bonds. The van der Waals surface area contributed by atoms with Gasteiger partial charge in [-0.05, 0) is 30.9 Å². The fourth-order valence-corrected chi connectivity index (χ4v) is 2.22. The maximum atomic E-state index is 13.0. The number of halogens is 1. The van der Waals surface area contributed by atoms with Crippen LogP contribution in [-0.2, 0) is 4.79 Å². The number of amides is 1. The van der Waals surface area contributed by atoms with Gasteiger partial charge in [0.2, 0.25) is 11.9 Å². The molecule has 0 radical (unpaired) electrons. The number of aromatic nitrogens is 1. The number of primary amides is 1. The molecule has 0 atom stereocenters. The summed E-state index contributed by atoms with van der Waals surface area (Å²) in [5, 5.41) is 0. The van der Waals surface area contributed by atoms with E-state index in [-0.39, 0.29) is 5.91 Å². The smallest absolute Gasteiger partial charge is 0.217 e. The first-order chi connectivity index (χ1) is 8.15. The summed E-state index contributed by atoms with van der Waals surface area (Å²) in [7, 11) is 0. The normalized spacial score (nSPS) is 17.1. The quantitative estimate of drug-likeness (QED) is 0.806. The SMILES string of the molecule is NC(=O)CC1CCN(c2cccc(F)n2)CC1. The summed E-state index contributed by atoms with van der Waals surface area (Å²) >= 11 is 0. The van der Waals surface area contributed by atoms with Gasteiger partial charge in [0.1, 0.15) is 5.82 Å². The Morgan fingerprint density at radius 3 is 2.76 bits per heavy atom. The summed E-state index contributed by atoms with van der Waals surface area (Å²) in [5.41, 5.74) is 5.17. The molecule has 2 N–H and O–H groups in total. The van der Waals surface area contributed by atoms with E-state index in [4.69, 9.17) is 5.73 Å². The summed E-state index contributed by atoms with van der Waals surface area (Å²) in [6.07, 6.45) is 2.26. The molecule has 1 aliphatic rings. The number of carbonyl (C=O) groups is 1. The van der Waals surface area contributed by atoms with E-state index in [1.54, 1.807) is 12.1 Å². The molecule has 1 aromatic heterocycles. The molecular weight excluding hydrogens is 221 g/mol. The molecule has 0 bridgehead atoms. The number of carbonyl (C=O) groups excluding carboxylic acids is 1. The number of nitrogens with two attached hydrogens (primary N) is 1. The third-order valence-electron chi connectivity index (χ3n) is 3.13. The Morgan fingerprint density at radius 1 is 1.47 bits per heavy atom. The van der Waals surface area contributed by atoms with E-state index < -0.39 is 5.95 Å². The van der Waals surface area contributed by atoms with Gasteiger partial charge in [-0.1, -0.05) is 6.07 Å². The summed E-state index contributed by atoms with van der Waals surface area (Å²) in [6.45, 7) is 1.60. The van der Waals surface area contributed by atoms with Crippen LogP contribution in [-0.4, -0.2) is 24.0 Å². The highest BCUT2D eigenvalue weighted by Gasteiger charge is 2.21. The van der Waals surface area contributed by atoms with E-state index in [1.165, 1.54) is 6.07 Å². The van der Waals surface area contributed by atoms with Crippen molar-refractivity contribution in [2.24, 2.45) is 11.7 Å². The summed E-state index contributed by atoms with van der Waals surface area (Å²) in [6, 6.07) is 4.80. The molecule has 1 aliphatic heterocycles. The van der Waals surface area contributed by atoms with Crippen LogP contribution >= 0.6 is 0 Å². The number of nitrogens with zero attached hydrogens (tertiary/aromatic N) is 2. The van der Waals surface area contributed by atoms with Gasteiger partial charge in [0.15, 0.2) is 0 Å². The lowest BCUT2D eigenvalue weighted by Gasteiger charge is -2.32. The first-order valence-electron chi connectivity index (χ1n) is 5.81.